The summed E-state index contributed by atoms with van der Waals surface area (Å²) in [7, 11) is 2.68. The Bertz CT molecular complexity index is 226. The molecule has 0 aromatic carbocycles. The van der Waals surface area contributed by atoms with Gasteiger partial charge in [-0.15, -0.1) is 0 Å². The molecule has 20 heavy (non-hydrogen) atoms. The number of rotatable bonds is 11. The summed E-state index contributed by atoms with van der Waals surface area (Å²) in [4.78, 5) is 2.56. The molecule has 0 spiro atoms. The second kappa shape index (κ2) is 10.7. The minimum Gasteiger partial charge on any atom is -0.377 e. The van der Waals surface area contributed by atoms with E-state index in [1.54, 1.807) is 21.3 Å². The number of hydrogen-bond acceptors (Lipinski definition) is 5. The fraction of sp³-hybridized carbons (Fsp3) is 1.00. The van der Waals surface area contributed by atoms with Gasteiger partial charge in [-0.1, -0.05) is 6.42 Å². The van der Waals surface area contributed by atoms with Crippen molar-refractivity contribution in [3.05, 3.63) is 0 Å². The summed E-state index contributed by atoms with van der Waals surface area (Å²) >= 11 is 0. The number of hydrogen-bond donors (Lipinski definition) is 1. The third-order valence-corrected chi connectivity index (χ3v) is 6.90. The summed E-state index contributed by atoms with van der Waals surface area (Å²) < 4.78 is 16.2. The van der Waals surface area contributed by atoms with Gasteiger partial charge in [0.2, 0.25) is 0 Å². The van der Waals surface area contributed by atoms with E-state index in [0.717, 1.165) is 32.0 Å². The minimum absolute atomic E-state index is 0.893. The monoisotopic (exact) mass is 304 g/mol. The normalized spacial score (nSPS) is 17.6. The first kappa shape index (κ1) is 18.1. The molecule has 0 radical (unpaired) electrons. The SMILES string of the molecule is CO[Si](CCCCNCCN1CCCCC1)(OC)OC. The number of nitrogens with zero attached hydrogens (tertiary/aromatic N) is 1. The molecular weight excluding hydrogens is 272 g/mol. The highest BCUT2D eigenvalue weighted by atomic mass is 28.4. The summed E-state index contributed by atoms with van der Waals surface area (Å²) in [5, 5.41) is 3.52. The summed E-state index contributed by atoms with van der Waals surface area (Å²) in [5.74, 6) is 0. The largest absolute Gasteiger partial charge is 0.500 e. The van der Waals surface area contributed by atoms with Gasteiger partial charge in [0.05, 0.1) is 0 Å². The van der Waals surface area contributed by atoms with Crippen LogP contribution in [0.3, 0.4) is 0 Å². The van der Waals surface area contributed by atoms with Crippen LogP contribution < -0.4 is 5.32 Å². The molecule has 0 unspecified atom stereocenters. The van der Waals surface area contributed by atoms with Crippen molar-refractivity contribution in [1.82, 2.24) is 10.2 Å². The molecule has 0 aliphatic carbocycles. The Morgan fingerprint density at radius 1 is 0.900 bits per heavy atom. The molecule has 1 rings (SSSR count). The second-order valence-electron chi connectivity index (χ2n) is 5.40. The van der Waals surface area contributed by atoms with Crippen LogP contribution in [0.1, 0.15) is 32.1 Å². The highest BCUT2D eigenvalue weighted by molar-refractivity contribution is 6.60. The average molecular weight is 305 g/mol. The third kappa shape index (κ3) is 6.65. The van der Waals surface area contributed by atoms with Gasteiger partial charge in [0, 0.05) is 40.5 Å². The van der Waals surface area contributed by atoms with Crippen LogP contribution in [0.15, 0.2) is 0 Å². The van der Waals surface area contributed by atoms with E-state index in [-0.39, 0.29) is 0 Å². The summed E-state index contributed by atoms with van der Waals surface area (Å²) in [6.07, 6.45) is 6.38. The molecule has 0 atom stereocenters. The molecule has 0 aromatic rings. The van der Waals surface area contributed by atoms with Crippen LogP contribution in [-0.2, 0) is 13.3 Å². The van der Waals surface area contributed by atoms with Crippen LogP contribution in [0.4, 0.5) is 0 Å². The zero-order valence-corrected chi connectivity index (χ0v) is 14.5. The minimum atomic E-state index is -2.35. The lowest BCUT2D eigenvalue weighted by Crippen LogP contribution is -2.42. The van der Waals surface area contributed by atoms with Gasteiger partial charge in [-0.25, -0.2) is 0 Å². The fourth-order valence-electron chi connectivity index (χ4n) is 2.69. The number of likely N-dealkylation sites (tertiary alicyclic amines) is 1. The molecule has 1 aliphatic rings. The van der Waals surface area contributed by atoms with Crippen LogP contribution in [0.5, 0.6) is 0 Å². The van der Waals surface area contributed by atoms with Crippen LogP contribution in [0.2, 0.25) is 6.04 Å². The smallest absolute Gasteiger partial charge is 0.377 e. The molecule has 1 N–H and O–H groups in total. The van der Waals surface area contributed by atoms with Crippen molar-refractivity contribution in [1.29, 1.82) is 0 Å². The van der Waals surface area contributed by atoms with Gasteiger partial charge in [-0.05, 0) is 45.3 Å². The highest BCUT2D eigenvalue weighted by Gasteiger charge is 2.36. The van der Waals surface area contributed by atoms with Crippen molar-refractivity contribution < 1.29 is 13.3 Å². The number of nitrogens with one attached hydrogen (secondary N) is 1. The predicted octanol–water partition coefficient (Wildman–Crippen LogP) is 1.72. The Hall–Kier alpha value is 0.0169. The zero-order chi connectivity index (χ0) is 14.7. The summed E-state index contributed by atoms with van der Waals surface area (Å²) in [5.41, 5.74) is 0. The summed E-state index contributed by atoms with van der Waals surface area (Å²) in [6, 6.07) is 0.893. The maximum absolute atomic E-state index is 5.41. The molecule has 0 bridgehead atoms. The lowest BCUT2D eigenvalue weighted by molar-refractivity contribution is 0.123. The van der Waals surface area contributed by atoms with E-state index in [2.05, 4.69) is 10.2 Å². The Kier molecular flexibility index (Phi) is 9.67. The standard InChI is InChI=1S/C14H32N2O3Si/c1-17-20(18-2,19-3)14-8-5-9-15-10-13-16-11-6-4-7-12-16/h15H,4-14H2,1-3H3. The Labute approximate surface area is 125 Å². The lowest BCUT2D eigenvalue weighted by atomic mass is 10.1. The molecule has 0 amide bonds. The first-order chi connectivity index (χ1) is 9.76. The molecule has 1 fully saturated rings. The van der Waals surface area contributed by atoms with Crippen LogP contribution in [0.25, 0.3) is 0 Å². The molecule has 0 saturated carbocycles. The van der Waals surface area contributed by atoms with Gasteiger partial charge in [-0.2, -0.15) is 0 Å². The van der Waals surface area contributed by atoms with Crippen molar-refractivity contribution in [2.75, 3.05) is 54.1 Å². The predicted molar refractivity (Wildman–Crippen MR) is 84.0 cm³/mol. The van der Waals surface area contributed by atoms with E-state index in [9.17, 15) is 0 Å². The van der Waals surface area contributed by atoms with Gasteiger partial charge in [0.15, 0.2) is 0 Å². The van der Waals surface area contributed by atoms with E-state index in [1.165, 1.54) is 38.9 Å². The van der Waals surface area contributed by atoms with Crippen molar-refractivity contribution in [2.24, 2.45) is 0 Å². The quantitative estimate of drug-likeness (QED) is 0.465. The number of piperidine rings is 1. The summed E-state index contributed by atoms with van der Waals surface area (Å²) in [6.45, 7) is 5.92. The molecule has 1 saturated heterocycles. The Balaban J connectivity index is 1.96. The topological polar surface area (TPSA) is 43.0 Å². The van der Waals surface area contributed by atoms with Crippen molar-refractivity contribution in [2.45, 2.75) is 38.1 Å². The molecule has 6 heteroatoms. The fourth-order valence-corrected chi connectivity index (χ4v) is 4.49. The molecule has 5 nitrogen and oxygen atoms in total. The van der Waals surface area contributed by atoms with Gasteiger partial charge in [0.25, 0.3) is 0 Å². The molecule has 1 aliphatic heterocycles. The third-order valence-electron chi connectivity index (χ3n) is 4.07. The lowest BCUT2D eigenvalue weighted by Gasteiger charge is -2.26. The molecular formula is C14H32N2O3Si. The van der Waals surface area contributed by atoms with Gasteiger partial charge in [-0.3, -0.25) is 0 Å². The molecule has 1 heterocycles. The molecule has 0 aromatic heterocycles. The Morgan fingerprint density at radius 2 is 1.55 bits per heavy atom. The van der Waals surface area contributed by atoms with Crippen LogP contribution >= 0.6 is 0 Å². The second-order valence-corrected chi connectivity index (χ2v) is 8.50. The van der Waals surface area contributed by atoms with Gasteiger partial charge in [0.1, 0.15) is 0 Å². The maximum atomic E-state index is 5.41. The first-order valence-corrected chi connectivity index (χ1v) is 9.78. The van der Waals surface area contributed by atoms with Crippen molar-refractivity contribution >= 4 is 8.80 Å². The van der Waals surface area contributed by atoms with Gasteiger partial charge >= 0.3 is 8.80 Å². The Morgan fingerprint density at radius 3 is 2.15 bits per heavy atom. The van der Waals surface area contributed by atoms with E-state index < -0.39 is 8.80 Å². The number of unbranched alkanes of at least 4 members (excludes halogenated alkanes) is 1. The average Bonchev–Trinajstić information content (AvgIpc) is 2.52. The van der Waals surface area contributed by atoms with Crippen LogP contribution in [0, 0.1) is 0 Å². The highest BCUT2D eigenvalue weighted by Crippen LogP contribution is 2.15. The van der Waals surface area contributed by atoms with E-state index >= 15 is 0 Å². The maximum Gasteiger partial charge on any atom is 0.500 e. The van der Waals surface area contributed by atoms with E-state index in [0.29, 0.717) is 0 Å². The van der Waals surface area contributed by atoms with E-state index in [4.69, 9.17) is 13.3 Å². The van der Waals surface area contributed by atoms with Crippen molar-refractivity contribution in [3.63, 3.8) is 0 Å². The molecule has 120 valence electrons. The zero-order valence-electron chi connectivity index (χ0n) is 13.5. The van der Waals surface area contributed by atoms with Crippen molar-refractivity contribution in [3.8, 4) is 0 Å². The van der Waals surface area contributed by atoms with E-state index in [1.807, 2.05) is 0 Å². The van der Waals surface area contributed by atoms with Crippen LogP contribution in [-0.4, -0.2) is 67.8 Å². The first-order valence-electron chi connectivity index (χ1n) is 7.85. The van der Waals surface area contributed by atoms with Gasteiger partial charge < -0.3 is 23.5 Å².